The molecule has 5 nitrogen and oxygen atoms in total. The topological polar surface area (TPSA) is 94.8 Å². The van der Waals surface area contributed by atoms with E-state index < -0.39 is 11.9 Å². The van der Waals surface area contributed by atoms with Crippen LogP contribution in [0.25, 0.3) is 0 Å². The first kappa shape index (κ1) is 14.3. The molecule has 1 unspecified atom stereocenters. The van der Waals surface area contributed by atoms with Gasteiger partial charge in [-0.05, 0) is 23.3 Å². The van der Waals surface area contributed by atoms with Gasteiger partial charge in [0.15, 0.2) is 17.4 Å². The van der Waals surface area contributed by atoms with Crippen molar-refractivity contribution in [1.29, 1.82) is 0 Å². The summed E-state index contributed by atoms with van der Waals surface area (Å²) in [4.78, 5) is 25.3. The van der Waals surface area contributed by atoms with Gasteiger partial charge in [-0.1, -0.05) is 24.3 Å². The summed E-state index contributed by atoms with van der Waals surface area (Å²) in [6.45, 7) is 0. The molecule has 0 amide bonds. The Balaban J connectivity index is 1.91. The third-order valence-electron chi connectivity index (χ3n) is 4.64. The van der Waals surface area contributed by atoms with Crippen LogP contribution in [0.15, 0.2) is 36.4 Å². The highest BCUT2D eigenvalue weighted by Gasteiger charge is 2.40. The Kier molecular flexibility index (Phi) is 2.84. The molecule has 3 N–H and O–H groups in total. The Morgan fingerprint density at radius 2 is 1.39 bits per heavy atom. The molecule has 0 fully saturated rings. The van der Waals surface area contributed by atoms with E-state index in [2.05, 4.69) is 0 Å². The maximum Gasteiger partial charge on any atom is 0.194 e. The van der Waals surface area contributed by atoms with Crippen molar-refractivity contribution in [1.82, 2.24) is 0 Å². The predicted octanol–water partition coefficient (Wildman–Crippen LogP) is 0.602. The van der Waals surface area contributed by atoms with Gasteiger partial charge in [0, 0.05) is 35.1 Å². The fourth-order valence-corrected chi connectivity index (χ4v) is 3.36. The normalized spacial score (nSPS) is 21.4. The van der Waals surface area contributed by atoms with Crippen molar-refractivity contribution in [2.75, 3.05) is 0 Å². The van der Waals surface area contributed by atoms with Crippen LogP contribution in [-0.4, -0.2) is 38.8 Å². The van der Waals surface area contributed by atoms with Crippen LogP contribution in [0.2, 0.25) is 0 Å². The van der Waals surface area contributed by atoms with Crippen molar-refractivity contribution in [3.8, 4) is 0 Å². The number of aliphatic hydroxyl groups is 3. The summed E-state index contributed by atoms with van der Waals surface area (Å²) in [6, 6.07) is 9.80. The number of carbonyl (C=O) groups is 2. The monoisotopic (exact) mass is 310 g/mol. The van der Waals surface area contributed by atoms with Crippen molar-refractivity contribution >= 4 is 11.6 Å². The van der Waals surface area contributed by atoms with E-state index in [0.717, 1.165) is 0 Å². The van der Waals surface area contributed by atoms with Crippen molar-refractivity contribution in [2.24, 2.45) is 0 Å². The van der Waals surface area contributed by atoms with Crippen molar-refractivity contribution < 1.29 is 24.9 Å². The molecule has 2 aromatic rings. The van der Waals surface area contributed by atoms with Gasteiger partial charge in [0.2, 0.25) is 0 Å². The zero-order valence-electron chi connectivity index (χ0n) is 12.1. The van der Waals surface area contributed by atoms with Gasteiger partial charge in [-0.2, -0.15) is 0 Å². The molecular weight excluding hydrogens is 296 g/mol. The molecule has 2 aliphatic carbocycles. The number of aliphatic hydroxyl groups excluding tert-OH is 1. The second kappa shape index (κ2) is 4.58. The molecule has 4 rings (SSSR count). The molecule has 0 radical (unpaired) electrons. The van der Waals surface area contributed by atoms with Crippen molar-refractivity contribution in [3.05, 3.63) is 69.8 Å². The van der Waals surface area contributed by atoms with Gasteiger partial charge in [0.1, 0.15) is 6.10 Å². The van der Waals surface area contributed by atoms with E-state index in [1.807, 2.05) is 0 Å². The molecule has 116 valence electrons. The average Bonchev–Trinajstić information content (AvgIpc) is 2.52. The van der Waals surface area contributed by atoms with E-state index in [1.165, 1.54) is 0 Å². The van der Waals surface area contributed by atoms with Gasteiger partial charge in [-0.3, -0.25) is 9.59 Å². The first-order valence-electron chi connectivity index (χ1n) is 7.35. The molecule has 0 saturated heterocycles. The molecule has 2 aromatic carbocycles. The van der Waals surface area contributed by atoms with Gasteiger partial charge >= 0.3 is 0 Å². The lowest BCUT2D eigenvalue weighted by Gasteiger charge is -2.34. The number of hydrogen-bond donors (Lipinski definition) is 3. The first-order chi connectivity index (χ1) is 10.9. The standard InChI is InChI=1S/C18H14O5/c19-15-7-9-5-13-14(6-10(9)8-18(15,22)23)17(21)12-4-2-1-3-11(12)16(13)20/h1-6,15,19,22-23H,7-8H2. The van der Waals surface area contributed by atoms with E-state index in [0.29, 0.717) is 27.8 Å². The summed E-state index contributed by atoms with van der Waals surface area (Å²) in [5.74, 6) is -2.69. The van der Waals surface area contributed by atoms with Gasteiger partial charge in [0.05, 0.1) is 0 Å². The largest absolute Gasteiger partial charge is 0.387 e. The Morgan fingerprint density at radius 3 is 1.96 bits per heavy atom. The van der Waals surface area contributed by atoms with Crippen molar-refractivity contribution in [3.63, 3.8) is 0 Å². The summed E-state index contributed by atoms with van der Waals surface area (Å²) in [6.07, 6.45) is -1.48. The molecule has 5 heteroatoms. The molecule has 0 bridgehead atoms. The third-order valence-corrected chi connectivity index (χ3v) is 4.64. The molecular formula is C18H14O5. The number of carbonyl (C=O) groups excluding carboxylic acids is 2. The summed E-state index contributed by atoms with van der Waals surface area (Å²) >= 11 is 0. The fraction of sp³-hybridized carbons (Fsp3) is 0.222. The van der Waals surface area contributed by atoms with E-state index in [-0.39, 0.29) is 30.0 Å². The minimum absolute atomic E-state index is 0.0265. The zero-order valence-corrected chi connectivity index (χ0v) is 12.1. The summed E-state index contributed by atoms with van der Waals surface area (Å²) in [7, 11) is 0. The molecule has 0 aliphatic heterocycles. The maximum atomic E-state index is 12.6. The maximum absolute atomic E-state index is 12.6. The van der Waals surface area contributed by atoms with Crippen LogP contribution < -0.4 is 0 Å². The van der Waals surface area contributed by atoms with E-state index in [4.69, 9.17) is 0 Å². The quantitative estimate of drug-likeness (QED) is 0.529. The van der Waals surface area contributed by atoms with Gasteiger partial charge in [0.25, 0.3) is 0 Å². The molecule has 2 aliphatic rings. The Morgan fingerprint density at radius 1 is 0.870 bits per heavy atom. The van der Waals surface area contributed by atoms with Gasteiger partial charge in [-0.15, -0.1) is 0 Å². The lowest BCUT2D eigenvalue weighted by molar-refractivity contribution is -0.226. The zero-order chi connectivity index (χ0) is 16.4. The van der Waals surface area contributed by atoms with E-state index in [9.17, 15) is 24.9 Å². The van der Waals surface area contributed by atoms with Crippen LogP contribution in [0.3, 0.4) is 0 Å². The van der Waals surface area contributed by atoms with E-state index >= 15 is 0 Å². The summed E-state index contributed by atoms with van der Waals surface area (Å²) in [5, 5.41) is 29.5. The molecule has 0 saturated carbocycles. The summed E-state index contributed by atoms with van der Waals surface area (Å²) in [5.41, 5.74) is 2.55. The van der Waals surface area contributed by atoms with E-state index in [1.54, 1.807) is 36.4 Å². The smallest absolute Gasteiger partial charge is 0.194 e. The Hall–Kier alpha value is -2.34. The SMILES string of the molecule is O=C1c2ccccc2C(=O)c2cc3c(cc21)CC(O)C(O)(O)C3. The highest BCUT2D eigenvalue weighted by molar-refractivity contribution is 6.28. The minimum atomic E-state index is -2.22. The van der Waals surface area contributed by atoms with Crippen LogP contribution in [0.5, 0.6) is 0 Å². The highest BCUT2D eigenvalue weighted by atomic mass is 16.5. The minimum Gasteiger partial charge on any atom is -0.387 e. The van der Waals surface area contributed by atoms with Gasteiger partial charge in [-0.25, -0.2) is 0 Å². The van der Waals surface area contributed by atoms with Crippen LogP contribution in [0, 0.1) is 0 Å². The number of fused-ring (bicyclic) bond motifs is 3. The van der Waals surface area contributed by atoms with Crippen LogP contribution >= 0.6 is 0 Å². The Labute approximate surface area is 131 Å². The molecule has 1 atom stereocenters. The average molecular weight is 310 g/mol. The molecule has 0 aromatic heterocycles. The van der Waals surface area contributed by atoms with Crippen LogP contribution in [0.1, 0.15) is 43.0 Å². The lowest BCUT2D eigenvalue weighted by Crippen LogP contribution is -2.48. The number of benzene rings is 2. The summed E-state index contributed by atoms with van der Waals surface area (Å²) < 4.78 is 0. The van der Waals surface area contributed by atoms with Gasteiger partial charge < -0.3 is 15.3 Å². The lowest BCUT2D eigenvalue weighted by atomic mass is 9.78. The third kappa shape index (κ3) is 1.98. The van der Waals surface area contributed by atoms with Crippen molar-refractivity contribution in [2.45, 2.75) is 24.7 Å². The Bertz CT molecular complexity index is 866. The number of ketones is 2. The van der Waals surface area contributed by atoms with Crippen LogP contribution in [0.4, 0.5) is 0 Å². The second-order valence-corrected chi connectivity index (χ2v) is 6.15. The predicted molar refractivity (Wildman–Crippen MR) is 80.3 cm³/mol. The highest BCUT2D eigenvalue weighted by Crippen LogP contribution is 2.34. The number of hydrogen-bond acceptors (Lipinski definition) is 5. The van der Waals surface area contributed by atoms with Crippen LogP contribution in [-0.2, 0) is 12.8 Å². The molecule has 23 heavy (non-hydrogen) atoms. The molecule has 0 spiro atoms. The fourth-order valence-electron chi connectivity index (χ4n) is 3.36. The second-order valence-electron chi connectivity index (χ2n) is 6.15. The number of rotatable bonds is 0. The first-order valence-corrected chi connectivity index (χ1v) is 7.35. The molecule has 0 heterocycles.